The molecule has 0 saturated carbocycles. The van der Waals surface area contributed by atoms with Gasteiger partial charge >= 0.3 is 0 Å². The first-order chi connectivity index (χ1) is 12.0. The first-order valence-electron chi connectivity index (χ1n) is 8.53. The Hall–Kier alpha value is -1.19. The van der Waals surface area contributed by atoms with Crippen LogP contribution in [0, 0.1) is 0 Å². The summed E-state index contributed by atoms with van der Waals surface area (Å²) >= 11 is 2.91. The number of piperazine rings is 1. The molecule has 2 N–H and O–H groups in total. The smallest absolute Gasteiger partial charge is 0.298 e. The SMILES string of the molecule is CC(C)c1nc2ccc(NC(=O)SN3CCN(CCO)CC3)cc2s1. The number of nitrogens with zero attached hydrogens (tertiary/aromatic N) is 3. The van der Waals surface area contributed by atoms with Crippen molar-refractivity contribution in [2.24, 2.45) is 0 Å². The molecule has 3 rings (SSSR count). The average Bonchev–Trinajstić information content (AvgIpc) is 3.00. The van der Waals surface area contributed by atoms with Crippen LogP contribution in [0.3, 0.4) is 0 Å². The number of nitrogens with one attached hydrogen (secondary N) is 1. The standard InChI is InChI=1S/C17H24N4O2S2/c1-12(2)16-19-14-4-3-13(11-15(14)24-16)18-17(23)25-21-7-5-20(6-8-21)9-10-22/h3-4,11-12,22H,5-10H2,1-2H3,(H,18,23). The number of aliphatic hydroxyl groups is 1. The fourth-order valence-electron chi connectivity index (χ4n) is 2.71. The maximum Gasteiger partial charge on any atom is 0.298 e. The molecule has 1 aliphatic rings. The zero-order chi connectivity index (χ0) is 17.8. The van der Waals surface area contributed by atoms with Gasteiger partial charge in [0.1, 0.15) is 0 Å². The second-order valence-electron chi connectivity index (χ2n) is 6.39. The van der Waals surface area contributed by atoms with Crippen LogP contribution in [0.2, 0.25) is 0 Å². The van der Waals surface area contributed by atoms with Gasteiger partial charge in [-0.1, -0.05) is 13.8 Å². The summed E-state index contributed by atoms with van der Waals surface area (Å²) in [6.07, 6.45) is 0. The van der Waals surface area contributed by atoms with Gasteiger partial charge in [-0.25, -0.2) is 9.29 Å². The van der Waals surface area contributed by atoms with Gasteiger partial charge in [-0.3, -0.25) is 9.69 Å². The molecule has 0 aliphatic carbocycles. The Morgan fingerprint density at radius 3 is 2.80 bits per heavy atom. The van der Waals surface area contributed by atoms with Gasteiger partial charge in [0.15, 0.2) is 0 Å². The van der Waals surface area contributed by atoms with Crippen LogP contribution in [-0.4, -0.2) is 63.9 Å². The number of anilines is 1. The van der Waals surface area contributed by atoms with Gasteiger partial charge in [-0.2, -0.15) is 0 Å². The lowest BCUT2D eigenvalue weighted by Gasteiger charge is -2.32. The predicted octanol–water partition coefficient (Wildman–Crippen LogP) is 3.21. The molecule has 2 heterocycles. The third-order valence-corrected chi connectivity index (χ3v) is 6.31. The van der Waals surface area contributed by atoms with E-state index in [0.717, 1.165) is 47.1 Å². The van der Waals surface area contributed by atoms with Crippen molar-refractivity contribution in [2.45, 2.75) is 19.8 Å². The van der Waals surface area contributed by atoms with E-state index in [9.17, 15) is 4.79 Å². The molecule has 8 heteroatoms. The van der Waals surface area contributed by atoms with Gasteiger partial charge in [0, 0.05) is 56.3 Å². The molecule has 0 spiro atoms. The number of carbonyl (C=O) groups excluding carboxylic acids is 1. The summed E-state index contributed by atoms with van der Waals surface area (Å²) < 4.78 is 3.18. The van der Waals surface area contributed by atoms with Crippen molar-refractivity contribution < 1.29 is 9.90 Å². The van der Waals surface area contributed by atoms with E-state index in [1.807, 2.05) is 18.2 Å². The van der Waals surface area contributed by atoms with Crippen LogP contribution in [-0.2, 0) is 0 Å². The number of fused-ring (bicyclic) bond motifs is 1. The van der Waals surface area contributed by atoms with Crippen molar-refractivity contribution in [1.82, 2.24) is 14.2 Å². The van der Waals surface area contributed by atoms with Crippen molar-refractivity contribution in [2.75, 3.05) is 44.6 Å². The number of aliphatic hydroxyl groups excluding tert-OH is 1. The number of aromatic nitrogens is 1. The predicted molar refractivity (Wildman–Crippen MR) is 105 cm³/mol. The molecule has 0 atom stereocenters. The lowest BCUT2D eigenvalue weighted by Crippen LogP contribution is -2.44. The second-order valence-corrected chi connectivity index (χ2v) is 8.52. The highest BCUT2D eigenvalue weighted by molar-refractivity contribution is 8.11. The summed E-state index contributed by atoms with van der Waals surface area (Å²) in [6, 6.07) is 5.87. The van der Waals surface area contributed by atoms with Gasteiger partial charge in [0.25, 0.3) is 5.24 Å². The minimum atomic E-state index is -0.0662. The molecular weight excluding hydrogens is 356 g/mol. The van der Waals surface area contributed by atoms with Crippen molar-refractivity contribution in [3.63, 3.8) is 0 Å². The highest BCUT2D eigenvalue weighted by Crippen LogP contribution is 2.29. The molecule has 136 valence electrons. The van der Waals surface area contributed by atoms with E-state index < -0.39 is 0 Å². The molecule has 25 heavy (non-hydrogen) atoms. The van der Waals surface area contributed by atoms with Crippen molar-refractivity contribution in [3.05, 3.63) is 23.2 Å². The summed E-state index contributed by atoms with van der Waals surface area (Å²) in [4.78, 5) is 19.1. The number of carbonyl (C=O) groups is 1. The van der Waals surface area contributed by atoms with Crippen LogP contribution in [0.4, 0.5) is 10.5 Å². The zero-order valence-corrected chi connectivity index (χ0v) is 16.2. The largest absolute Gasteiger partial charge is 0.395 e. The van der Waals surface area contributed by atoms with Gasteiger partial charge in [-0.05, 0) is 18.2 Å². The molecule has 6 nitrogen and oxygen atoms in total. The van der Waals surface area contributed by atoms with Gasteiger partial charge in [-0.15, -0.1) is 11.3 Å². The molecule has 1 saturated heterocycles. The van der Waals surface area contributed by atoms with Gasteiger partial charge in [0.05, 0.1) is 21.8 Å². The van der Waals surface area contributed by atoms with Crippen LogP contribution in [0.15, 0.2) is 18.2 Å². The lowest BCUT2D eigenvalue weighted by molar-refractivity contribution is 0.156. The molecule has 1 aliphatic heterocycles. The van der Waals surface area contributed by atoms with Crippen LogP contribution in [0.25, 0.3) is 10.2 Å². The maximum atomic E-state index is 12.3. The Morgan fingerprint density at radius 1 is 1.36 bits per heavy atom. The summed E-state index contributed by atoms with van der Waals surface area (Å²) in [7, 11) is 0. The van der Waals surface area contributed by atoms with E-state index >= 15 is 0 Å². The number of benzene rings is 1. The Bertz CT molecular complexity index is 727. The topological polar surface area (TPSA) is 68.7 Å². The Kier molecular flexibility index (Phi) is 6.29. The molecule has 1 amide bonds. The van der Waals surface area contributed by atoms with Crippen LogP contribution in [0.1, 0.15) is 24.8 Å². The fourth-order valence-corrected chi connectivity index (χ4v) is 4.46. The molecule has 0 radical (unpaired) electrons. The summed E-state index contributed by atoms with van der Waals surface area (Å²) in [6.45, 7) is 8.57. The molecule has 0 bridgehead atoms. The van der Waals surface area contributed by atoms with Crippen LogP contribution >= 0.6 is 23.3 Å². The second kappa shape index (κ2) is 8.46. The lowest BCUT2D eigenvalue weighted by atomic mass is 10.2. The number of rotatable bonds is 5. The quantitative estimate of drug-likeness (QED) is 0.777. The highest BCUT2D eigenvalue weighted by atomic mass is 32.2. The van der Waals surface area contributed by atoms with E-state index in [1.165, 1.54) is 11.9 Å². The van der Waals surface area contributed by atoms with E-state index in [-0.39, 0.29) is 11.8 Å². The summed E-state index contributed by atoms with van der Waals surface area (Å²) in [5.74, 6) is 0.412. The Labute approximate surface area is 156 Å². The van der Waals surface area contributed by atoms with Crippen molar-refractivity contribution >= 4 is 44.4 Å². The monoisotopic (exact) mass is 380 g/mol. The van der Waals surface area contributed by atoms with Crippen LogP contribution < -0.4 is 5.32 Å². The first-order valence-corrected chi connectivity index (χ1v) is 10.1. The molecule has 1 fully saturated rings. The van der Waals surface area contributed by atoms with E-state index in [0.29, 0.717) is 12.5 Å². The number of hydrogen-bond acceptors (Lipinski definition) is 7. The molecule has 0 unspecified atom stereocenters. The number of hydrogen-bond donors (Lipinski definition) is 2. The maximum absolute atomic E-state index is 12.3. The summed E-state index contributed by atoms with van der Waals surface area (Å²) in [5.41, 5.74) is 1.79. The van der Waals surface area contributed by atoms with Gasteiger partial charge in [0.2, 0.25) is 0 Å². The van der Waals surface area contributed by atoms with Crippen molar-refractivity contribution in [1.29, 1.82) is 0 Å². The normalized spacial score (nSPS) is 16.6. The fraction of sp³-hybridized carbons (Fsp3) is 0.529. The molecule has 1 aromatic heterocycles. The first kappa shape index (κ1) is 18.6. The average molecular weight is 381 g/mol. The minimum Gasteiger partial charge on any atom is -0.395 e. The van der Waals surface area contributed by atoms with Crippen LogP contribution in [0.5, 0.6) is 0 Å². The zero-order valence-electron chi connectivity index (χ0n) is 14.6. The minimum absolute atomic E-state index is 0.0662. The highest BCUT2D eigenvalue weighted by Gasteiger charge is 2.19. The molecule has 2 aromatic rings. The number of thiazole rings is 1. The molecular formula is C17H24N4O2S2. The number of β-amino-alcohol motifs (C(OH)–C–C–N with tert-alkyl or cyclic N) is 1. The van der Waals surface area contributed by atoms with Gasteiger partial charge < -0.3 is 10.4 Å². The summed E-state index contributed by atoms with van der Waals surface area (Å²) in [5, 5.41) is 13.0. The Morgan fingerprint density at radius 2 is 2.12 bits per heavy atom. The van der Waals surface area contributed by atoms with E-state index in [4.69, 9.17) is 5.11 Å². The third-order valence-electron chi connectivity index (χ3n) is 4.10. The van der Waals surface area contributed by atoms with E-state index in [2.05, 4.69) is 33.4 Å². The number of amides is 1. The van der Waals surface area contributed by atoms with Crippen molar-refractivity contribution in [3.8, 4) is 0 Å². The third kappa shape index (κ3) is 4.92. The van der Waals surface area contributed by atoms with E-state index in [1.54, 1.807) is 11.3 Å². The molecule has 1 aromatic carbocycles. The Balaban J connectivity index is 1.55.